The van der Waals surface area contributed by atoms with Crippen molar-refractivity contribution in [2.75, 3.05) is 18.4 Å². The molecule has 0 unspecified atom stereocenters. The number of likely N-dealkylation sites (N-methyl/N-ethyl adjacent to an activating group) is 1. The van der Waals surface area contributed by atoms with Crippen molar-refractivity contribution in [2.24, 2.45) is 0 Å². The van der Waals surface area contributed by atoms with Crippen LogP contribution < -0.4 is 10.6 Å². The second-order valence-corrected chi connectivity index (χ2v) is 2.90. The molecule has 16 heavy (non-hydrogen) atoms. The van der Waals surface area contributed by atoms with Crippen molar-refractivity contribution in [1.29, 1.82) is 0 Å². The molecular formula is C9H10F3N3O. The maximum atomic E-state index is 13.0. The molecule has 0 aliphatic carbocycles. The molecule has 0 spiro atoms. The molecule has 2 N–H and O–H groups in total. The minimum Gasteiger partial charge on any atom is -0.358 e. The van der Waals surface area contributed by atoms with Crippen LogP contribution in [0.25, 0.3) is 0 Å². The van der Waals surface area contributed by atoms with Gasteiger partial charge in [0.05, 0.1) is 6.54 Å². The van der Waals surface area contributed by atoms with E-state index in [-0.39, 0.29) is 6.54 Å². The number of amides is 1. The maximum Gasteiger partial charge on any atom is 0.251 e. The van der Waals surface area contributed by atoms with Crippen LogP contribution in [-0.2, 0) is 4.79 Å². The number of anilines is 1. The normalized spacial score (nSPS) is 10.0. The lowest BCUT2D eigenvalue weighted by molar-refractivity contribution is -0.119. The van der Waals surface area contributed by atoms with Crippen molar-refractivity contribution >= 4 is 11.7 Å². The Morgan fingerprint density at radius 3 is 2.69 bits per heavy atom. The van der Waals surface area contributed by atoms with Crippen LogP contribution in [0.1, 0.15) is 6.92 Å². The molecule has 0 saturated carbocycles. The van der Waals surface area contributed by atoms with Crippen molar-refractivity contribution in [2.45, 2.75) is 6.92 Å². The molecular weight excluding hydrogens is 223 g/mol. The number of carbonyl (C=O) groups excluding carboxylic acids is 1. The van der Waals surface area contributed by atoms with Gasteiger partial charge in [-0.05, 0) is 6.92 Å². The number of pyridine rings is 1. The summed E-state index contributed by atoms with van der Waals surface area (Å²) in [6, 6.07) is 0.363. The highest BCUT2D eigenvalue weighted by Gasteiger charge is 2.11. The minimum absolute atomic E-state index is 0.261. The molecule has 0 aliphatic rings. The van der Waals surface area contributed by atoms with Gasteiger partial charge in [0.15, 0.2) is 17.5 Å². The van der Waals surface area contributed by atoms with Crippen LogP contribution in [-0.4, -0.2) is 24.0 Å². The van der Waals surface area contributed by atoms with Crippen LogP contribution in [0.15, 0.2) is 6.07 Å². The van der Waals surface area contributed by atoms with Crippen molar-refractivity contribution in [3.8, 4) is 0 Å². The van der Waals surface area contributed by atoms with Crippen LogP contribution >= 0.6 is 0 Å². The molecule has 0 atom stereocenters. The average molecular weight is 233 g/mol. The van der Waals surface area contributed by atoms with Crippen molar-refractivity contribution in [1.82, 2.24) is 10.3 Å². The number of halogens is 3. The van der Waals surface area contributed by atoms with E-state index in [2.05, 4.69) is 15.6 Å². The number of rotatable bonds is 4. The monoisotopic (exact) mass is 233 g/mol. The molecule has 1 rings (SSSR count). The summed E-state index contributed by atoms with van der Waals surface area (Å²) in [6.45, 7) is 1.88. The second-order valence-electron chi connectivity index (χ2n) is 2.90. The third-order valence-corrected chi connectivity index (χ3v) is 1.68. The first-order valence-electron chi connectivity index (χ1n) is 4.56. The number of carbonyl (C=O) groups is 1. The number of hydrogen-bond donors (Lipinski definition) is 2. The standard InChI is InChI=1S/C9H10F3N3O/c1-2-13-7(16)4-14-9-6(11)3-5(10)8(12)15-9/h3H,2,4H2,1H3,(H,13,16)(H,14,15). The van der Waals surface area contributed by atoms with E-state index in [9.17, 15) is 18.0 Å². The van der Waals surface area contributed by atoms with Gasteiger partial charge in [-0.25, -0.2) is 8.78 Å². The largest absolute Gasteiger partial charge is 0.358 e. The van der Waals surface area contributed by atoms with E-state index >= 15 is 0 Å². The summed E-state index contributed by atoms with van der Waals surface area (Å²) in [6.07, 6.45) is 0. The zero-order valence-electron chi connectivity index (χ0n) is 8.48. The van der Waals surface area contributed by atoms with Gasteiger partial charge in [-0.1, -0.05) is 0 Å². The Hall–Kier alpha value is -1.79. The summed E-state index contributed by atoms with van der Waals surface area (Å²) >= 11 is 0. The summed E-state index contributed by atoms with van der Waals surface area (Å²) in [7, 11) is 0. The first kappa shape index (κ1) is 12.3. The summed E-state index contributed by atoms with van der Waals surface area (Å²) in [5.74, 6) is -4.73. The zero-order chi connectivity index (χ0) is 12.1. The molecule has 4 nitrogen and oxygen atoms in total. The summed E-state index contributed by atoms with van der Waals surface area (Å²) < 4.78 is 38.1. The molecule has 0 aliphatic heterocycles. The SMILES string of the molecule is CCNC(=O)CNc1nc(F)c(F)cc1F. The lowest BCUT2D eigenvalue weighted by Gasteiger charge is -2.06. The molecule has 7 heteroatoms. The summed E-state index contributed by atoms with van der Waals surface area (Å²) in [4.78, 5) is 14.0. The number of aromatic nitrogens is 1. The van der Waals surface area contributed by atoms with Gasteiger partial charge in [0, 0.05) is 12.6 Å². The fraction of sp³-hybridized carbons (Fsp3) is 0.333. The molecule has 88 valence electrons. The predicted molar refractivity (Wildman–Crippen MR) is 51.3 cm³/mol. The quantitative estimate of drug-likeness (QED) is 0.764. The first-order valence-corrected chi connectivity index (χ1v) is 4.56. The Bertz CT molecular complexity index is 398. The first-order chi connectivity index (χ1) is 7.54. The van der Waals surface area contributed by atoms with Crippen LogP contribution in [0.2, 0.25) is 0 Å². The van der Waals surface area contributed by atoms with E-state index in [4.69, 9.17) is 0 Å². The van der Waals surface area contributed by atoms with Gasteiger partial charge < -0.3 is 10.6 Å². The summed E-state index contributed by atoms with van der Waals surface area (Å²) in [5.41, 5.74) is 0. The smallest absolute Gasteiger partial charge is 0.251 e. The molecule has 1 aromatic rings. The lowest BCUT2D eigenvalue weighted by Crippen LogP contribution is -2.30. The Morgan fingerprint density at radius 1 is 1.38 bits per heavy atom. The molecule has 0 radical (unpaired) electrons. The Morgan fingerprint density at radius 2 is 2.06 bits per heavy atom. The number of nitrogens with one attached hydrogen (secondary N) is 2. The minimum atomic E-state index is -1.42. The van der Waals surface area contributed by atoms with Gasteiger partial charge >= 0.3 is 0 Å². The van der Waals surface area contributed by atoms with Crippen LogP contribution in [0.4, 0.5) is 19.0 Å². The second kappa shape index (κ2) is 5.34. The van der Waals surface area contributed by atoms with E-state index in [1.54, 1.807) is 6.92 Å². The van der Waals surface area contributed by atoms with E-state index < -0.39 is 29.3 Å². The van der Waals surface area contributed by atoms with E-state index in [1.807, 2.05) is 0 Å². The van der Waals surface area contributed by atoms with Gasteiger partial charge in [-0.15, -0.1) is 0 Å². The highest BCUT2D eigenvalue weighted by atomic mass is 19.2. The van der Waals surface area contributed by atoms with Crippen LogP contribution in [0, 0.1) is 17.6 Å². The molecule has 1 heterocycles. The molecule has 0 bridgehead atoms. The topological polar surface area (TPSA) is 54.0 Å². The molecule has 1 aromatic heterocycles. The van der Waals surface area contributed by atoms with Gasteiger partial charge in [0.2, 0.25) is 5.91 Å². The van der Waals surface area contributed by atoms with E-state index in [0.717, 1.165) is 0 Å². The average Bonchev–Trinajstić information content (AvgIpc) is 2.22. The number of hydrogen-bond acceptors (Lipinski definition) is 3. The van der Waals surface area contributed by atoms with Crippen LogP contribution in [0.5, 0.6) is 0 Å². The molecule has 0 saturated heterocycles. The molecule has 0 fully saturated rings. The molecule has 0 aromatic carbocycles. The summed E-state index contributed by atoms with van der Waals surface area (Å²) in [5, 5.41) is 4.70. The Balaban J connectivity index is 2.67. The highest BCUT2D eigenvalue weighted by Crippen LogP contribution is 2.13. The third kappa shape index (κ3) is 3.11. The molecule has 1 amide bonds. The van der Waals surface area contributed by atoms with E-state index in [1.165, 1.54) is 0 Å². The van der Waals surface area contributed by atoms with Crippen molar-refractivity contribution in [3.05, 3.63) is 23.6 Å². The van der Waals surface area contributed by atoms with Crippen LogP contribution in [0.3, 0.4) is 0 Å². The Kier molecular flexibility index (Phi) is 4.10. The van der Waals surface area contributed by atoms with Gasteiger partial charge in [-0.2, -0.15) is 9.37 Å². The van der Waals surface area contributed by atoms with Gasteiger partial charge in [-0.3, -0.25) is 4.79 Å². The Labute approximate surface area is 89.9 Å². The van der Waals surface area contributed by atoms with Gasteiger partial charge in [0.25, 0.3) is 5.95 Å². The van der Waals surface area contributed by atoms with Crippen molar-refractivity contribution < 1.29 is 18.0 Å². The zero-order valence-corrected chi connectivity index (χ0v) is 8.48. The highest BCUT2D eigenvalue weighted by molar-refractivity contribution is 5.80. The van der Waals surface area contributed by atoms with E-state index in [0.29, 0.717) is 12.6 Å². The lowest BCUT2D eigenvalue weighted by atomic mass is 10.4. The number of nitrogens with zero attached hydrogens (tertiary/aromatic N) is 1. The van der Waals surface area contributed by atoms with Gasteiger partial charge in [0.1, 0.15) is 0 Å². The fourth-order valence-corrected chi connectivity index (χ4v) is 0.992. The fourth-order valence-electron chi connectivity index (χ4n) is 0.992. The third-order valence-electron chi connectivity index (χ3n) is 1.68. The predicted octanol–water partition coefficient (Wildman–Crippen LogP) is 1.05. The maximum absolute atomic E-state index is 13.0. The van der Waals surface area contributed by atoms with Crippen molar-refractivity contribution in [3.63, 3.8) is 0 Å².